The van der Waals surface area contributed by atoms with E-state index in [1.165, 1.54) is 0 Å². The summed E-state index contributed by atoms with van der Waals surface area (Å²) in [5, 5.41) is 0.994. The number of rotatable bonds is 4. The lowest BCUT2D eigenvalue weighted by atomic mass is 10.1. The Balaban J connectivity index is 2.14. The zero-order valence-corrected chi connectivity index (χ0v) is 13.3. The highest BCUT2D eigenvalue weighted by Crippen LogP contribution is 2.22. The van der Waals surface area contributed by atoms with Gasteiger partial charge in [0.2, 0.25) is 11.8 Å². The molecule has 0 radical (unpaired) electrons. The topological polar surface area (TPSA) is 53.5 Å². The molecule has 0 N–H and O–H groups in total. The van der Waals surface area contributed by atoms with Crippen molar-refractivity contribution in [1.29, 1.82) is 0 Å². The van der Waals surface area contributed by atoms with E-state index in [-0.39, 0.29) is 24.4 Å². The Kier molecular flexibility index (Phi) is 4.42. The second kappa shape index (κ2) is 5.91. The summed E-state index contributed by atoms with van der Waals surface area (Å²) in [6.45, 7) is 9.07. The van der Waals surface area contributed by atoms with Crippen LogP contribution in [-0.4, -0.2) is 45.7 Å². The van der Waals surface area contributed by atoms with Gasteiger partial charge in [0.1, 0.15) is 6.04 Å². The lowest BCUT2D eigenvalue weighted by Crippen LogP contribution is -2.58. The van der Waals surface area contributed by atoms with Crippen molar-refractivity contribution in [2.24, 2.45) is 0 Å². The van der Waals surface area contributed by atoms with Gasteiger partial charge in [-0.2, -0.15) is 0 Å². The van der Waals surface area contributed by atoms with E-state index in [2.05, 4.69) is 4.98 Å². The molecule has 5 nitrogen and oxygen atoms in total. The second-order valence-electron chi connectivity index (χ2n) is 5.20. The average molecular weight is 295 g/mol. The largest absolute Gasteiger partial charge is 0.332 e. The average Bonchev–Trinajstić information content (AvgIpc) is 2.70. The van der Waals surface area contributed by atoms with Crippen LogP contribution in [0.3, 0.4) is 0 Å². The minimum atomic E-state index is -0.385. The summed E-state index contributed by atoms with van der Waals surface area (Å²) in [4.78, 5) is 33.3. The van der Waals surface area contributed by atoms with E-state index in [0.29, 0.717) is 13.1 Å². The first kappa shape index (κ1) is 15.0. The van der Waals surface area contributed by atoms with Gasteiger partial charge in [-0.05, 0) is 27.2 Å². The van der Waals surface area contributed by atoms with Crippen molar-refractivity contribution in [1.82, 2.24) is 14.8 Å². The minimum absolute atomic E-state index is 0.0241. The number of hydrogen-bond acceptors (Lipinski definition) is 4. The van der Waals surface area contributed by atoms with Crippen LogP contribution in [-0.2, 0) is 16.1 Å². The molecular weight excluding hydrogens is 274 g/mol. The number of piperazine rings is 1. The Morgan fingerprint density at radius 2 is 2.05 bits per heavy atom. The molecule has 1 aromatic heterocycles. The Hall–Kier alpha value is -1.43. The zero-order chi connectivity index (χ0) is 14.9. The van der Waals surface area contributed by atoms with Gasteiger partial charge in [-0.15, -0.1) is 11.3 Å². The smallest absolute Gasteiger partial charge is 0.245 e. The zero-order valence-electron chi connectivity index (χ0n) is 12.5. The first-order chi connectivity index (χ1) is 9.43. The number of nitrogens with zero attached hydrogens (tertiary/aromatic N) is 3. The SMILES string of the molecule is CCCN1CC(=O)N(Cc2sc(C)nc2C)[C@H](C)C1=O. The van der Waals surface area contributed by atoms with Gasteiger partial charge in [0.25, 0.3) is 0 Å². The second-order valence-corrected chi connectivity index (χ2v) is 6.49. The third-order valence-corrected chi connectivity index (χ3v) is 4.65. The Bertz CT molecular complexity index is 526. The molecule has 2 amide bonds. The van der Waals surface area contributed by atoms with Crippen molar-refractivity contribution in [3.05, 3.63) is 15.6 Å². The Morgan fingerprint density at radius 1 is 1.35 bits per heavy atom. The van der Waals surface area contributed by atoms with E-state index in [0.717, 1.165) is 22.0 Å². The maximum atomic E-state index is 12.3. The van der Waals surface area contributed by atoms with E-state index in [1.807, 2.05) is 27.7 Å². The summed E-state index contributed by atoms with van der Waals surface area (Å²) in [5.41, 5.74) is 0.955. The summed E-state index contributed by atoms with van der Waals surface area (Å²) in [6.07, 6.45) is 0.874. The highest BCUT2D eigenvalue weighted by molar-refractivity contribution is 7.11. The third-order valence-electron chi connectivity index (χ3n) is 3.59. The molecular formula is C14H21N3O2S. The molecule has 0 bridgehead atoms. The first-order valence-electron chi connectivity index (χ1n) is 6.95. The first-order valence-corrected chi connectivity index (χ1v) is 7.76. The predicted molar refractivity (Wildman–Crippen MR) is 78.5 cm³/mol. The number of aromatic nitrogens is 1. The molecule has 110 valence electrons. The molecule has 1 aliphatic rings. The summed E-state index contributed by atoms with van der Waals surface area (Å²) in [7, 11) is 0. The lowest BCUT2D eigenvalue weighted by Gasteiger charge is -2.38. The Morgan fingerprint density at radius 3 is 2.60 bits per heavy atom. The molecule has 1 atom stereocenters. The van der Waals surface area contributed by atoms with Crippen LogP contribution < -0.4 is 0 Å². The van der Waals surface area contributed by atoms with Crippen molar-refractivity contribution >= 4 is 23.2 Å². The van der Waals surface area contributed by atoms with Crippen molar-refractivity contribution in [2.45, 2.75) is 46.7 Å². The normalized spacial score (nSPS) is 19.9. The van der Waals surface area contributed by atoms with Crippen molar-refractivity contribution in [2.75, 3.05) is 13.1 Å². The van der Waals surface area contributed by atoms with Crippen LogP contribution >= 0.6 is 11.3 Å². The monoisotopic (exact) mass is 295 g/mol. The molecule has 2 heterocycles. The van der Waals surface area contributed by atoms with Crippen molar-refractivity contribution < 1.29 is 9.59 Å². The molecule has 0 saturated carbocycles. The molecule has 6 heteroatoms. The van der Waals surface area contributed by atoms with Gasteiger partial charge in [0.05, 0.1) is 23.8 Å². The number of aryl methyl sites for hydroxylation is 2. The molecule has 0 spiro atoms. The van der Waals surface area contributed by atoms with Crippen molar-refractivity contribution in [3.63, 3.8) is 0 Å². The lowest BCUT2D eigenvalue weighted by molar-refractivity contribution is -0.155. The summed E-state index contributed by atoms with van der Waals surface area (Å²) in [6, 6.07) is -0.385. The number of hydrogen-bond donors (Lipinski definition) is 0. The maximum Gasteiger partial charge on any atom is 0.245 e. The fraction of sp³-hybridized carbons (Fsp3) is 0.643. The molecule has 0 unspecified atom stereocenters. The van der Waals surface area contributed by atoms with Gasteiger partial charge in [-0.3, -0.25) is 9.59 Å². The minimum Gasteiger partial charge on any atom is -0.332 e. The molecule has 2 rings (SSSR count). The van der Waals surface area contributed by atoms with Crippen LogP contribution in [0.5, 0.6) is 0 Å². The van der Waals surface area contributed by atoms with E-state index < -0.39 is 0 Å². The van der Waals surface area contributed by atoms with Gasteiger partial charge in [0.15, 0.2) is 0 Å². The van der Waals surface area contributed by atoms with E-state index in [4.69, 9.17) is 0 Å². The maximum absolute atomic E-state index is 12.3. The van der Waals surface area contributed by atoms with Gasteiger partial charge in [0, 0.05) is 11.4 Å². The van der Waals surface area contributed by atoms with Crippen LogP contribution in [0, 0.1) is 13.8 Å². The fourth-order valence-electron chi connectivity index (χ4n) is 2.50. The third kappa shape index (κ3) is 2.85. The molecule has 1 aliphatic heterocycles. The van der Waals surface area contributed by atoms with Crippen LogP contribution in [0.2, 0.25) is 0 Å². The van der Waals surface area contributed by atoms with E-state index in [1.54, 1.807) is 21.1 Å². The van der Waals surface area contributed by atoms with Crippen molar-refractivity contribution in [3.8, 4) is 0 Å². The van der Waals surface area contributed by atoms with Gasteiger partial charge < -0.3 is 9.80 Å². The highest BCUT2D eigenvalue weighted by atomic mass is 32.1. The Labute approximate surface area is 123 Å². The van der Waals surface area contributed by atoms with Crippen LogP contribution in [0.1, 0.15) is 35.8 Å². The standard InChI is InChI=1S/C14H21N3O2S/c1-5-6-16-8-13(18)17(10(3)14(16)19)7-12-9(2)15-11(4)20-12/h10H,5-8H2,1-4H3/t10-/m1/s1. The van der Waals surface area contributed by atoms with Crippen LogP contribution in [0.25, 0.3) is 0 Å². The van der Waals surface area contributed by atoms with Gasteiger partial charge in [-0.25, -0.2) is 4.98 Å². The van der Waals surface area contributed by atoms with Crippen LogP contribution in [0.4, 0.5) is 0 Å². The summed E-state index contributed by atoms with van der Waals surface area (Å²) < 4.78 is 0. The fourth-order valence-corrected chi connectivity index (χ4v) is 3.44. The van der Waals surface area contributed by atoms with Crippen LogP contribution in [0.15, 0.2) is 0 Å². The molecule has 0 aliphatic carbocycles. The predicted octanol–water partition coefficient (Wildman–Crippen LogP) is 1.73. The molecule has 1 aromatic rings. The molecule has 0 aromatic carbocycles. The van der Waals surface area contributed by atoms with Gasteiger partial charge >= 0.3 is 0 Å². The van der Waals surface area contributed by atoms with Gasteiger partial charge in [-0.1, -0.05) is 6.92 Å². The quantitative estimate of drug-likeness (QED) is 0.850. The molecule has 1 fully saturated rings. The number of carbonyl (C=O) groups is 2. The number of thiazole rings is 1. The number of amides is 2. The highest BCUT2D eigenvalue weighted by Gasteiger charge is 2.36. The molecule has 20 heavy (non-hydrogen) atoms. The number of carbonyl (C=O) groups excluding carboxylic acids is 2. The van der Waals surface area contributed by atoms with E-state index >= 15 is 0 Å². The summed E-state index contributed by atoms with van der Waals surface area (Å²) in [5.74, 6) is 0.0707. The molecule has 1 saturated heterocycles. The summed E-state index contributed by atoms with van der Waals surface area (Å²) >= 11 is 1.59. The van der Waals surface area contributed by atoms with E-state index in [9.17, 15) is 9.59 Å².